The summed E-state index contributed by atoms with van der Waals surface area (Å²) < 4.78 is 0. The number of fused-ring (bicyclic) bond motifs is 2. The van der Waals surface area contributed by atoms with Crippen LogP contribution in [0.5, 0.6) is 0 Å². The van der Waals surface area contributed by atoms with E-state index in [-0.39, 0.29) is 0 Å². The van der Waals surface area contributed by atoms with E-state index >= 15 is 0 Å². The first-order valence-corrected chi connectivity index (χ1v) is 7.23. The lowest BCUT2D eigenvalue weighted by Gasteiger charge is -2.30. The van der Waals surface area contributed by atoms with E-state index < -0.39 is 5.60 Å². The van der Waals surface area contributed by atoms with Gasteiger partial charge in [0.05, 0.1) is 0 Å². The Kier molecular flexibility index (Phi) is 2.44. The molecule has 1 N–H and O–H groups in total. The van der Waals surface area contributed by atoms with Crippen LogP contribution in [0, 0.1) is 0 Å². The highest BCUT2D eigenvalue weighted by molar-refractivity contribution is 5.83. The summed E-state index contributed by atoms with van der Waals surface area (Å²) >= 11 is 0. The molecule has 2 heteroatoms. The van der Waals surface area contributed by atoms with Crippen molar-refractivity contribution in [1.29, 1.82) is 0 Å². The van der Waals surface area contributed by atoms with Crippen LogP contribution < -0.4 is 0 Å². The molecule has 98 valence electrons. The third kappa shape index (κ3) is 1.63. The Bertz CT molecular complexity index is 623. The molecule has 19 heavy (non-hydrogen) atoms. The maximum absolute atomic E-state index is 11.2. The fraction of sp³-hybridized carbons (Fsp3) is 0.412. The lowest BCUT2D eigenvalue weighted by molar-refractivity contribution is 0.00950. The highest BCUT2D eigenvalue weighted by Crippen LogP contribution is 2.43. The number of rotatable bonds is 1. The van der Waals surface area contributed by atoms with Gasteiger partial charge in [0, 0.05) is 12.6 Å². The molecule has 0 spiro atoms. The maximum atomic E-state index is 11.2. The van der Waals surface area contributed by atoms with E-state index in [1.165, 1.54) is 17.2 Å². The molecule has 0 radical (unpaired) electrons. The van der Waals surface area contributed by atoms with Gasteiger partial charge in [0.2, 0.25) is 0 Å². The van der Waals surface area contributed by atoms with Crippen molar-refractivity contribution in [3.8, 4) is 0 Å². The lowest BCUT2D eigenvalue weighted by Crippen LogP contribution is -2.38. The van der Waals surface area contributed by atoms with E-state index in [1.807, 2.05) is 0 Å². The monoisotopic (exact) mass is 253 g/mol. The smallest absolute Gasteiger partial charge is 0.106 e. The van der Waals surface area contributed by atoms with Gasteiger partial charge in [0.1, 0.15) is 5.60 Å². The van der Waals surface area contributed by atoms with E-state index in [4.69, 9.17) is 0 Å². The molecule has 0 aromatic heterocycles. The van der Waals surface area contributed by atoms with Crippen molar-refractivity contribution >= 4 is 10.8 Å². The zero-order chi connectivity index (χ0) is 12.9. The second-order valence-corrected chi connectivity index (χ2v) is 5.93. The molecule has 0 amide bonds. The average Bonchev–Trinajstić information content (AvgIpc) is 3.03. The quantitative estimate of drug-likeness (QED) is 0.844. The molecule has 0 bridgehead atoms. The topological polar surface area (TPSA) is 23.5 Å². The van der Waals surface area contributed by atoms with Gasteiger partial charge in [-0.3, -0.25) is 4.90 Å². The SMILES string of the molecule is OC1(c2ccc3ccccc3c2)CCN2CCCC21. The first-order chi connectivity index (χ1) is 9.27. The summed E-state index contributed by atoms with van der Waals surface area (Å²) in [5.41, 5.74) is 0.459. The lowest BCUT2D eigenvalue weighted by atomic mass is 9.84. The molecule has 2 aliphatic heterocycles. The highest BCUT2D eigenvalue weighted by Gasteiger charge is 2.48. The highest BCUT2D eigenvalue weighted by atomic mass is 16.3. The van der Waals surface area contributed by atoms with Crippen molar-refractivity contribution in [1.82, 2.24) is 4.90 Å². The Balaban J connectivity index is 1.81. The van der Waals surface area contributed by atoms with Crippen molar-refractivity contribution in [2.75, 3.05) is 13.1 Å². The molecule has 0 aliphatic carbocycles. The molecule has 2 heterocycles. The van der Waals surface area contributed by atoms with E-state index in [0.717, 1.165) is 31.5 Å². The Morgan fingerprint density at radius 1 is 1.05 bits per heavy atom. The fourth-order valence-electron chi connectivity index (χ4n) is 3.91. The standard InChI is InChI=1S/C17H19NO/c19-17(9-11-18-10-3-6-16(17)18)15-8-7-13-4-1-2-5-14(13)12-15/h1-2,4-5,7-8,12,16,19H,3,6,9-11H2. The minimum absolute atomic E-state index is 0.327. The fourth-order valence-corrected chi connectivity index (χ4v) is 3.91. The van der Waals surface area contributed by atoms with Gasteiger partial charge in [-0.15, -0.1) is 0 Å². The van der Waals surface area contributed by atoms with Crippen molar-refractivity contribution < 1.29 is 5.11 Å². The summed E-state index contributed by atoms with van der Waals surface area (Å²) in [7, 11) is 0. The number of benzene rings is 2. The number of nitrogens with zero attached hydrogens (tertiary/aromatic N) is 1. The molecule has 2 saturated heterocycles. The summed E-state index contributed by atoms with van der Waals surface area (Å²) in [6.07, 6.45) is 3.22. The Morgan fingerprint density at radius 3 is 2.79 bits per heavy atom. The van der Waals surface area contributed by atoms with Gasteiger partial charge >= 0.3 is 0 Å². The van der Waals surface area contributed by atoms with E-state index in [2.05, 4.69) is 47.4 Å². The molecule has 2 aliphatic rings. The van der Waals surface area contributed by atoms with Crippen molar-refractivity contribution in [2.24, 2.45) is 0 Å². The summed E-state index contributed by atoms with van der Waals surface area (Å²) in [5.74, 6) is 0. The van der Waals surface area contributed by atoms with Crippen LogP contribution in [0.3, 0.4) is 0 Å². The maximum Gasteiger partial charge on any atom is 0.106 e. The largest absolute Gasteiger partial charge is 0.383 e. The third-order valence-corrected chi connectivity index (χ3v) is 4.94. The van der Waals surface area contributed by atoms with E-state index in [9.17, 15) is 5.11 Å². The summed E-state index contributed by atoms with van der Waals surface area (Å²) in [6.45, 7) is 2.19. The molecule has 2 nitrogen and oxygen atoms in total. The Hall–Kier alpha value is -1.38. The van der Waals surface area contributed by atoms with Crippen LogP contribution >= 0.6 is 0 Å². The molecule has 2 atom stereocenters. The zero-order valence-electron chi connectivity index (χ0n) is 11.0. The van der Waals surface area contributed by atoms with Crippen molar-refractivity contribution in [3.05, 3.63) is 48.0 Å². The summed E-state index contributed by atoms with van der Waals surface area (Å²) in [4.78, 5) is 2.45. The van der Waals surface area contributed by atoms with Crippen LogP contribution in [0.4, 0.5) is 0 Å². The number of hydrogen-bond acceptors (Lipinski definition) is 2. The molecule has 2 aromatic carbocycles. The van der Waals surface area contributed by atoms with Gasteiger partial charge < -0.3 is 5.11 Å². The Labute approximate surface area is 113 Å². The third-order valence-electron chi connectivity index (χ3n) is 4.94. The predicted molar refractivity (Wildman–Crippen MR) is 77.1 cm³/mol. The van der Waals surface area contributed by atoms with Crippen LogP contribution in [-0.2, 0) is 5.60 Å². The van der Waals surface area contributed by atoms with Gasteiger partial charge in [0.25, 0.3) is 0 Å². The van der Waals surface area contributed by atoms with Crippen LogP contribution in [0.2, 0.25) is 0 Å². The zero-order valence-corrected chi connectivity index (χ0v) is 11.0. The minimum Gasteiger partial charge on any atom is -0.383 e. The van der Waals surface area contributed by atoms with Gasteiger partial charge in [-0.25, -0.2) is 0 Å². The molecule has 0 saturated carbocycles. The summed E-state index contributed by atoms with van der Waals surface area (Å²) in [5, 5.41) is 13.6. The van der Waals surface area contributed by atoms with Gasteiger partial charge in [-0.2, -0.15) is 0 Å². The van der Waals surface area contributed by atoms with Crippen LogP contribution in [-0.4, -0.2) is 29.1 Å². The summed E-state index contributed by atoms with van der Waals surface area (Å²) in [6, 6.07) is 15.1. The number of hydrogen-bond donors (Lipinski definition) is 1. The number of aliphatic hydroxyl groups is 1. The first-order valence-electron chi connectivity index (χ1n) is 7.23. The van der Waals surface area contributed by atoms with E-state index in [0.29, 0.717) is 6.04 Å². The normalized spacial score (nSPS) is 30.9. The molecule has 2 aromatic rings. The van der Waals surface area contributed by atoms with Crippen molar-refractivity contribution in [3.63, 3.8) is 0 Å². The van der Waals surface area contributed by atoms with Gasteiger partial charge in [-0.05, 0) is 48.2 Å². The second-order valence-electron chi connectivity index (χ2n) is 5.93. The van der Waals surface area contributed by atoms with E-state index in [1.54, 1.807) is 0 Å². The van der Waals surface area contributed by atoms with Crippen LogP contribution in [0.1, 0.15) is 24.8 Å². The Morgan fingerprint density at radius 2 is 1.89 bits per heavy atom. The molecule has 2 unspecified atom stereocenters. The molecule has 4 rings (SSSR count). The second kappa shape index (κ2) is 4.06. The van der Waals surface area contributed by atoms with Crippen LogP contribution in [0.25, 0.3) is 10.8 Å². The molecular weight excluding hydrogens is 234 g/mol. The van der Waals surface area contributed by atoms with Gasteiger partial charge in [0.15, 0.2) is 0 Å². The molecule has 2 fully saturated rings. The first kappa shape index (κ1) is 11.4. The van der Waals surface area contributed by atoms with Gasteiger partial charge in [-0.1, -0.05) is 36.4 Å². The van der Waals surface area contributed by atoms with Crippen LogP contribution in [0.15, 0.2) is 42.5 Å². The minimum atomic E-state index is -0.638. The molecular formula is C17H19NO. The van der Waals surface area contributed by atoms with Crippen molar-refractivity contribution in [2.45, 2.75) is 30.9 Å². The predicted octanol–water partition coefficient (Wildman–Crippen LogP) is 2.90. The average molecular weight is 253 g/mol.